The van der Waals surface area contributed by atoms with E-state index in [1.165, 1.54) is 0 Å². The van der Waals surface area contributed by atoms with Crippen molar-refractivity contribution in [3.05, 3.63) is 47.5 Å². The van der Waals surface area contributed by atoms with Gasteiger partial charge >= 0.3 is 5.97 Å². The number of methoxy groups -OCH3 is 3. The van der Waals surface area contributed by atoms with Gasteiger partial charge in [-0.25, -0.2) is 0 Å². The van der Waals surface area contributed by atoms with Crippen molar-refractivity contribution in [1.29, 1.82) is 0 Å². The zero-order valence-electron chi connectivity index (χ0n) is 13.3. The lowest BCUT2D eigenvalue weighted by molar-refractivity contribution is -0.135. The van der Waals surface area contributed by atoms with Crippen LogP contribution in [0.2, 0.25) is 0 Å². The van der Waals surface area contributed by atoms with Gasteiger partial charge < -0.3 is 18.9 Å². The largest absolute Gasteiger partial charge is 0.497 e. The molecule has 120 valence electrons. The number of hydrogen-bond acceptors (Lipinski definition) is 5. The molecule has 0 aliphatic carbocycles. The molecule has 1 heterocycles. The SMILES string of the molecule is COc1ccc2c(c1)OC(=O)CC2c1ccc(OC)c(OC)c1. The summed E-state index contributed by atoms with van der Waals surface area (Å²) >= 11 is 0. The lowest BCUT2D eigenvalue weighted by atomic mass is 9.86. The Labute approximate surface area is 134 Å². The summed E-state index contributed by atoms with van der Waals surface area (Å²) in [6.07, 6.45) is 0.287. The van der Waals surface area contributed by atoms with E-state index >= 15 is 0 Å². The third kappa shape index (κ3) is 2.82. The fraction of sp³-hybridized carbons (Fsp3) is 0.278. The number of esters is 1. The minimum atomic E-state index is -0.259. The normalized spacial score (nSPS) is 16.3. The van der Waals surface area contributed by atoms with Gasteiger partial charge in [0.1, 0.15) is 11.5 Å². The first-order valence-electron chi connectivity index (χ1n) is 7.26. The summed E-state index contributed by atoms with van der Waals surface area (Å²) in [6.45, 7) is 0. The van der Waals surface area contributed by atoms with Crippen molar-refractivity contribution in [3.63, 3.8) is 0 Å². The quantitative estimate of drug-likeness (QED) is 0.641. The van der Waals surface area contributed by atoms with Gasteiger partial charge in [-0.2, -0.15) is 0 Å². The molecular weight excluding hydrogens is 296 g/mol. The van der Waals surface area contributed by atoms with Gasteiger partial charge in [0.25, 0.3) is 0 Å². The highest BCUT2D eigenvalue weighted by Crippen LogP contribution is 2.42. The van der Waals surface area contributed by atoms with Crippen LogP contribution in [0.5, 0.6) is 23.0 Å². The highest BCUT2D eigenvalue weighted by atomic mass is 16.5. The maximum atomic E-state index is 12.0. The van der Waals surface area contributed by atoms with Crippen LogP contribution in [0.25, 0.3) is 0 Å². The van der Waals surface area contributed by atoms with E-state index in [9.17, 15) is 4.79 Å². The Morgan fingerprint density at radius 3 is 2.43 bits per heavy atom. The molecule has 1 unspecified atom stereocenters. The van der Waals surface area contributed by atoms with Gasteiger partial charge in [0, 0.05) is 17.5 Å². The second-order valence-corrected chi connectivity index (χ2v) is 5.25. The summed E-state index contributed by atoms with van der Waals surface area (Å²) in [4.78, 5) is 12.0. The first-order chi connectivity index (χ1) is 11.2. The monoisotopic (exact) mass is 314 g/mol. The molecule has 0 bridgehead atoms. The highest BCUT2D eigenvalue weighted by Gasteiger charge is 2.29. The van der Waals surface area contributed by atoms with E-state index in [4.69, 9.17) is 18.9 Å². The topological polar surface area (TPSA) is 54.0 Å². The Morgan fingerprint density at radius 2 is 1.74 bits per heavy atom. The van der Waals surface area contributed by atoms with Gasteiger partial charge in [0.2, 0.25) is 0 Å². The van der Waals surface area contributed by atoms with Gasteiger partial charge in [0.05, 0.1) is 27.8 Å². The van der Waals surface area contributed by atoms with Crippen molar-refractivity contribution in [1.82, 2.24) is 0 Å². The Bertz CT molecular complexity index is 738. The van der Waals surface area contributed by atoms with Crippen molar-refractivity contribution in [2.24, 2.45) is 0 Å². The standard InChI is InChI=1S/C18H18O5/c1-20-12-5-6-13-14(10-18(19)23-16(13)9-12)11-4-7-15(21-2)17(8-11)22-3/h4-9,14H,10H2,1-3H3. The molecule has 1 aliphatic rings. The lowest BCUT2D eigenvalue weighted by Gasteiger charge is -2.25. The second-order valence-electron chi connectivity index (χ2n) is 5.25. The molecule has 1 atom stereocenters. The van der Waals surface area contributed by atoms with Crippen molar-refractivity contribution < 1.29 is 23.7 Å². The molecule has 3 rings (SSSR count). The van der Waals surface area contributed by atoms with E-state index in [1.54, 1.807) is 27.4 Å². The Hall–Kier alpha value is -2.69. The van der Waals surface area contributed by atoms with Crippen LogP contribution in [-0.4, -0.2) is 27.3 Å². The average molecular weight is 314 g/mol. The van der Waals surface area contributed by atoms with Crippen molar-refractivity contribution >= 4 is 5.97 Å². The summed E-state index contributed by atoms with van der Waals surface area (Å²) in [5.41, 5.74) is 1.93. The molecule has 0 radical (unpaired) electrons. The summed E-state index contributed by atoms with van der Waals surface area (Å²) < 4.78 is 21.2. The smallest absolute Gasteiger partial charge is 0.312 e. The van der Waals surface area contributed by atoms with E-state index in [0.29, 0.717) is 23.0 Å². The molecule has 0 fully saturated rings. The third-order valence-corrected chi connectivity index (χ3v) is 4.00. The maximum Gasteiger partial charge on any atom is 0.312 e. The first kappa shape index (κ1) is 15.2. The molecule has 0 N–H and O–H groups in total. The number of ether oxygens (including phenoxy) is 4. The Morgan fingerprint density at radius 1 is 0.957 bits per heavy atom. The van der Waals surface area contributed by atoms with Crippen molar-refractivity contribution in [2.45, 2.75) is 12.3 Å². The number of rotatable bonds is 4. The van der Waals surface area contributed by atoms with Gasteiger partial charge in [-0.3, -0.25) is 4.79 Å². The molecule has 0 amide bonds. The summed E-state index contributed by atoms with van der Waals surface area (Å²) in [5.74, 6) is 2.15. The van der Waals surface area contributed by atoms with Gasteiger partial charge in [-0.1, -0.05) is 12.1 Å². The fourth-order valence-electron chi connectivity index (χ4n) is 2.83. The minimum absolute atomic E-state index is 0.0861. The van der Waals surface area contributed by atoms with E-state index in [0.717, 1.165) is 11.1 Å². The van der Waals surface area contributed by atoms with Crippen LogP contribution in [0.4, 0.5) is 0 Å². The number of hydrogen-bond donors (Lipinski definition) is 0. The molecule has 0 saturated heterocycles. The summed E-state index contributed by atoms with van der Waals surface area (Å²) in [6, 6.07) is 11.2. The molecule has 2 aromatic carbocycles. The molecule has 2 aromatic rings. The summed E-state index contributed by atoms with van der Waals surface area (Å²) in [5, 5.41) is 0. The molecule has 0 spiro atoms. The number of fused-ring (bicyclic) bond motifs is 1. The average Bonchev–Trinajstić information content (AvgIpc) is 2.59. The van der Waals surface area contributed by atoms with Crippen LogP contribution in [0.15, 0.2) is 36.4 Å². The van der Waals surface area contributed by atoms with E-state index in [1.807, 2.05) is 30.3 Å². The minimum Gasteiger partial charge on any atom is -0.497 e. The number of carbonyl (C=O) groups is 1. The second kappa shape index (κ2) is 6.20. The fourth-order valence-corrected chi connectivity index (χ4v) is 2.83. The zero-order chi connectivity index (χ0) is 16.4. The van der Waals surface area contributed by atoms with Gasteiger partial charge in [-0.15, -0.1) is 0 Å². The third-order valence-electron chi connectivity index (χ3n) is 4.00. The van der Waals surface area contributed by atoms with E-state index < -0.39 is 0 Å². The summed E-state index contributed by atoms with van der Waals surface area (Å²) in [7, 11) is 4.77. The predicted octanol–water partition coefficient (Wildman–Crippen LogP) is 3.15. The molecule has 23 heavy (non-hydrogen) atoms. The first-order valence-corrected chi connectivity index (χ1v) is 7.26. The molecule has 0 aromatic heterocycles. The van der Waals surface area contributed by atoms with Gasteiger partial charge in [-0.05, 0) is 23.8 Å². The highest BCUT2D eigenvalue weighted by molar-refractivity contribution is 5.78. The lowest BCUT2D eigenvalue weighted by Crippen LogP contribution is -2.21. The predicted molar refractivity (Wildman–Crippen MR) is 84.6 cm³/mol. The van der Waals surface area contributed by atoms with Crippen LogP contribution in [0.3, 0.4) is 0 Å². The van der Waals surface area contributed by atoms with Crippen LogP contribution in [0, 0.1) is 0 Å². The van der Waals surface area contributed by atoms with Crippen LogP contribution < -0.4 is 18.9 Å². The molecule has 0 saturated carbocycles. The Kier molecular flexibility index (Phi) is 4.10. The number of benzene rings is 2. The van der Waals surface area contributed by atoms with Crippen LogP contribution >= 0.6 is 0 Å². The van der Waals surface area contributed by atoms with E-state index in [-0.39, 0.29) is 18.3 Å². The van der Waals surface area contributed by atoms with E-state index in [2.05, 4.69) is 0 Å². The van der Waals surface area contributed by atoms with Crippen LogP contribution in [0.1, 0.15) is 23.5 Å². The molecule has 1 aliphatic heterocycles. The molecule has 5 heteroatoms. The maximum absolute atomic E-state index is 12.0. The molecule has 5 nitrogen and oxygen atoms in total. The van der Waals surface area contributed by atoms with Crippen molar-refractivity contribution in [2.75, 3.05) is 21.3 Å². The zero-order valence-corrected chi connectivity index (χ0v) is 13.3. The van der Waals surface area contributed by atoms with Crippen molar-refractivity contribution in [3.8, 4) is 23.0 Å². The Balaban J connectivity index is 2.05. The molecular formula is C18H18O5. The number of carbonyl (C=O) groups excluding carboxylic acids is 1. The van der Waals surface area contributed by atoms with Crippen LogP contribution in [-0.2, 0) is 4.79 Å². The van der Waals surface area contributed by atoms with Gasteiger partial charge in [0.15, 0.2) is 11.5 Å².